The number of carbonyl (C=O) groups is 3. The monoisotopic (exact) mass is 397 g/mol. The summed E-state index contributed by atoms with van der Waals surface area (Å²) in [5, 5.41) is 0. The van der Waals surface area contributed by atoms with Crippen molar-refractivity contribution in [3.63, 3.8) is 0 Å². The first-order valence-electron chi connectivity index (χ1n) is 9.68. The average molecular weight is 397 g/mol. The molecule has 0 unspecified atom stereocenters. The molecule has 2 saturated heterocycles. The SMILES string of the molecule is O=CN1CCN(C(=O)c2cc(N3CCN(C(=O)c4ccco4)CC3)ccn2)CC1. The molecule has 2 aliphatic heterocycles. The molecule has 4 heterocycles. The number of amides is 3. The normalized spacial score (nSPS) is 17.4. The number of nitrogens with zero attached hydrogens (tertiary/aromatic N) is 5. The minimum absolute atomic E-state index is 0.102. The number of aromatic nitrogens is 1. The molecule has 2 aromatic rings. The molecule has 2 aromatic heterocycles. The van der Waals surface area contributed by atoms with E-state index < -0.39 is 0 Å². The molecule has 3 amide bonds. The van der Waals surface area contributed by atoms with Crippen LogP contribution in [0, 0.1) is 0 Å². The Morgan fingerprint density at radius 1 is 0.931 bits per heavy atom. The number of rotatable bonds is 4. The molecule has 0 saturated carbocycles. The lowest BCUT2D eigenvalue weighted by atomic mass is 10.2. The summed E-state index contributed by atoms with van der Waals surface area (Å²) in [6.45, 7) is 4.61. The quantitative estimate of drug-likeness (QED) is 0.700. The lowest BCUT2D eigenvalue weighted by Crippen LogP contribution is -2.49. The highest BCUT2D eigenvalue weighted by Gasteiger charge is 2.26. The summed E-state index contributed by atoms with van der Waals surface area (Å²) in [6, 6.07) is 7.06. The number of furan rings is 1. The van der Waals surface area contributed by atoms with Crippen molar-refractivity contribution in [2.24, 2.45) is 0 Å². The van der Waals surface area contributed by atoms with E-state index in [0.29, 0.717) is 63.8 Å². The number of hydrogen-bond donors (Lipinski definition) is 0. The Kier molecular flexibility index (Phi) is 5.46. The van der Waals surface area contributed by atoms with E-state index in [2.05, 4.69) is 9.88 Å². The van der Waals surface area contributed by atoms with Gasteiger partial charge in [-0.05, 0) is 24.3 Å². The molecule has 9 nitrogen and oxygen atoms in total. The lowest BCUT2D eigenvalue weighted by Gasteiger charge is -2.36. The van der Waals surface area contributed by atoms with Crippen molar-refractivity contribution < 1.29 is 18.8 Å². The Balaban J connectivity index is 1.37. The maximum atomic E-state index is 12.8. The predicted octanol–water partition coefficient (Wildman–Crippen LogP) is 0.551. The van der Waals surface area contributed by atoms with Crippen LogP contribution in [0.3, 0.4) is 0 Å². The Morgan fingerprint density at radius 3 is 2.28 bits per heavy atom. The maximum Gasteiger partial charge on any atom is 0.289 e. The van der Waals surface area contributed by atoms with Crippen LogP contribution >= 0.6 is 0 Å². The van der Waals surface area contributed by atoms with Gasteiger partial charge in [-0.25, -0.2) is 0 Å². The zero-order valence-corrected chi connectivity index (χ0v) is 16.1. The highest BCUT2D eigenvalue weighted by molar-refractivity contribution is 5.93. The van der Waals surface area contributed by atoms with Gasteiger partial charge in [0.15, 0.2) is 5.76 Å². The molecule has 2 aliphatic rings. The summed E-state index contributed by atoms with van der Waals surface area (Å²) in [7, 11) is 0. The van der Waals surface area contributed by atoms with E-state index in [9.17, 15) is 14.4 Å². The van der Waals surface area contributed by atoms with E-state index in [-0.39, 0.29) is 11.8 Å². The minimum Gasteiger partial charge on any atom is -0.459 e. The Morgan fingerprint density at radius 2 is 1.62 bits per heavy atom. The molecule has 0 aliphatic carbocycles. The fraction of sp³-hybridized carbons (Fsp3) is 0.400. The van der Waals surface area contributed by atoms with Gasteiger partial charge >= 0.3 is 0 Å². The molecular weight excluding hydrogens is 374 g/mol. The first-order chi connectivity index (χ1) is 14.2. The molecule has 0 N–H and O–H groups in total. The van der Waals surface area contributed by atoms with E-state index >= 15 is 0 Å². The highest BCUT2D eigenvalue weighted by atomic mass is 16.3. The topological polar surface area (TPSA) is 90.2 Å². The van der Waals surface area contributed by atoms with Crippen LogP contribution in [-0.4, -0.2) is 90.3 Å². The van der Waals surface area contributed by atoms with Crippen molar-refractivity contribution >= 4 is 23.9 Å². The second-order valence-corrected chi connectivity index (χ2v) is 7.09. The molecule has 0 atom stereocenters. The number of carbonyl (C=O) groups excluding carboxylic acids is 3. The van der Waals surface area contributed by atoms with Crippen LogP contribution in [0.5, 0.6) is 0 Å². The fourth-order valence-corrected chi connectivity index (χ4v) is 3.65. The summed E-state index contributed by atoms with van der Waals surface area (Å²) in [5.41, 5.74) is 1.32. The van der Waals surface area contributed by atoms with Crippen LogP contribution in [0.2, 0.25) is 0 Å². The van der Waals surface area contributed by atoms with E-state index in [1.165, 1.54) is 6.26 Å². The lowest BCUT2D eigenvalue weighted by molar-refractivity contribution is -0.119. The van der Waals surface area contributed by atoms with Crippen molar-refractivity contribution in [2.75, 3.05) is 57.3 Å². The van der Waals surface area contributed by atoms with Gasteiger partial charge in [0, 0.05) is 64.2 Å². The van der Waals surface area contributed by atoms with Crippen molar-refractivity contribution in [1.29, 1.82) is 0 Å². The van der Waals surface area contributed by atoms with E-state index in [4.69, 9.17) is 4.42 Å². The zero-order chi connectivity index (χ0) is 20.2. The molecule has 0 radical (unpaired) electrons. The third-order valence-corrected chi connectivity index (χ3v) is 5.38. The predicted molar refractivity (Wildman–Crippen MR) is 105 cm³/mol. The zero-order valence-electron chi connectivity index (χ0n) is 16.1. The van der Waals surface area contributed by atoms with Crippen LogP contribution in [0.1, 0.15) is 21.0 Å². The van der Waals surface area contributed by atoms with E-state index in [1.807, 2.05) is 6.07 Å². The third-order valence-electron chi connectivity index (χ3n) is 5.38. The standard InChI is InChI=1S/C20H23N5O4/c26-15-22-5-7-24(8-6-22)19(27)17-14-16(3-4-21-17)23-9-11-25(12-10-23)20(28)18-2-1-13-29-18/h1-4,13-15H,5-12H2. The van der Waals surface area contributed by atoms with Crippen molar-refractivity contribution in [2.45, 2.75) is 0 Å². The smallest absolute Gasteiger partial charge is 0.289 e. The number of anilines is 1. The van der Waals surface area contributed by atoms with Crippen LogP contribution in [0.25, 0.3) is 0 Å². The first-order valence-corrected chi connectivity index (χ1v) is 9.68. The molecule has 4 rings (SSSR count). The fourth-order valence-electron chi connectivity index (χ4n) is 3.65. The summed E-state index contributed by atoms with van der Waals surface area (Å²) in [6.07, 6.45) is 3.96. The van der Waals surface area contributed by atoms with Gasteiger partial charge in [-0.3, -0.25) is 19.4 Å². The number of piperazine rings is 2. The van der Waals surface area contributed by atoms with Crippen molar-refractivity contribution in [3.05, 3.63) is 48.2 Å². The van der Waals surface area contributed by atoms with Gasteiger partial charge in [0.2, 0.25) is 6.41 Å². The molecule has 2 fully saturated rings. The summed E-state index contributed by atoms with van der Waals surface area (Å²) in [4.78, 5) is 47.6. The molecule has 9 heteroatoms. The van der Waals surface area contributed by atoms with Crippen molar-refractivity contribution in [1.82, 2.24) is 19.7 Å². The summed E-state index contributed by atoms with van der Waals surface area (Å²) < 4.78 is 5.20. The minimum atomic E-state index is -0.121. The summed E-state index contributed by atoms with van der Waals surface area (Å²) in [5.74, 6) is 0.128. The van der Waals surface area contributed by atoms with Gasteiger partial charge in [-0.2, -0.15) is 0 Å². The van der Waals surface area contributed by atoms with Crippen LogP contribution in [0.15, 0.2) is 41.1 Å². The van der Waals surface area contributed by atoms with Gasteiger partial charge in [0.25, 0.3) is 11.8 Å². The third kappa shape index (κ3) is 4.08. The van der Waals surface area contributed by atoms with E-state index in [1.54, 1.807) is 39.1 Å². The molecule has 0 aromatic carbocycles. The van der Waals surface area contributed by atoms with Gasteiger partial charge in [0.1, 0.15) is 5.69 Å². The van der Waals surface area contributed by atoms with Gasteiger partial charge < -0.3 is 24.0 Å². The largest absolute Gasteiger partial charge is 0.459 e. The Labute approximate surface area is 168 Å². The number of pyridine rings is 1. The Bertz CT molecular complexity index is 869. The Hall–Kier alpha value is -3.36. The number of hydrogen-bond acceptors (Lipinski definition) is 6. The second-order valence-electron chi connectivity index (χ2n) is 7.09. The van der Waals surface area contributed by atoms with Gasteiger partial charge in [-0.1, -0.05) is 0 Å². The van der Waals surface area contributed by atoms with Gasteiger partial charge in [0.05, 0.1) is 6.26 Å². The van der Waals surface area contributed by atoms with Crippen molar-refractivity contribution in [3.8, 4) is 0 Å². The van der Waals surface area contributed by atoms with Gasteiger partial charge in [-0.15, -0.1) is 0 Å². The summed E-state index contributed by atoms with van der Waals surface area (Å²) >= 11 is 0. The van der Waals surface area contributed by atoms with Crippen LogP contribution in [-0.2, 0) is 4.79 Å². The molecule has 152 valence electrons. The van der Waals surface area contributed by atoms with Crippen LogP contribution in [0.4, 0.5) is 5.69 Å². The maximum absolute atomic E-state index is 12.8. The molecule has 29 heavy (non-hydrogen) atoms. The second kappa shape index (κ2) is 8.34. The average Bonchev–Trinajstić information content (AvgIpc) is 3.33. The first kappa shape index (κ1) is 19.0. The highest BCUT2D eigenvalue weighted by Crippen LogP contribution is 2.19. The molecule has 0 spiro atoms. The van der Waals surface area contributed by atoms with Crippen LogP contribution < -0.4 is 4.90 Å². The van der Waals surface area contributed by atoms with E-state index in [0.717, 1.165) is 12.1 Å². The molecule has 0 bridgehead atoms. The molecular formula is C20H23N5O4.